The maximum atomic E-state index is 13.1. The molecule has 0 heterocycles. The van der Waals surface area contributed by atoms with E-state index in [-0.39, 0.29) is 24.9 Å². The molecule has 3 atom stereocenters. The molecule has 6 heteroatoms. The molecule has 55 heavy (non-hydrogen) atoms. The smallest absolute Gasteiger partial charge is 0.306 e. The van der Waals surface area contributed by atoms with Crippen molar-refractivity contribution in [2.45, 2.75) is 232 Å². The summed E-state index contributed by atoms with van der Waals surface area (Å²) in [6.07, 6.45) is 51.4. The third kappa shape index (κ3) is 38.2. The van der Waals surface area contributed by atoms with Gasteiger partial charge in [0.2, 0.25) is 5.91 Å². The molecule has 0 aromatic rings. The van der Waals surface area contributed by atoms with Crippen LogP contribution in [0.5, 0.6) is 0 Å². The van der Waals surface area contributed by atoms with Gasteiger partial charge in [0.1, 0.15) is 6.10 Å². The summed E-state index contributed by atoms with van der Waals surface area (Å²) in [6, 6.07) is -0.713. The summed E-state index contributed by atoms with van der Waals surface area (Å²) >= 11 is 0. The number of amides is 1. The van der Waals surface area contributed by atoms with E-state index in [0.717, 1.165) is 51.4 Å². The summed E-state index contributed by atoms with van der Waals surface area (Å²) < 4.78 is 5.87. The molecule has 0 fully saturated rings. The second-order valence-corrected chi connectivity index (χ2v) is 15.6. The second kappa shape index (κ2) is 42.7. The molecule has 3 unspecified atom stereocenters. The zero-order valence-electron chi connectivity index (χ0n) is 36.0. The molecule has 0 spiro atoms. The molecule has 0 radical (unpaired) electrons. The Morgan fingerprint density at radius 1 is 0.545 bits per heavy atom. The van der Waals surface area contributed by atoms with Crippen LogP contribution in [0, 0.1) is 0 Å². The van der Waals surface area contributed by atoms with Gasteiger partial charge in [-0.3, -0.25) is 9.59 Å². The lowest BCUT2D eigenvalue weighted by Gasteiger charge is -2.24. The fraction of sp³-hybridized carbons (Fsp3) is 0.755. The van der Waals surface area contributed by atoms with Gasteiger partial charge in [0, 0.05) is 6.42 Å². The molecule has 318 valence electrons. The normalized spacial score (nSPS) is 13.9. The summed E-state index contributed by atoms with van der Waals surface area (Å²) in [6.45, 7) is 6.29. The minimum atomic E-state index is -0.797. The lowest BCUT2D eigenvalue weighted by molar-refractivity contribution is -0.151. The molecule has 0 aliphatic heterocycles. The van der Waals surface area contributed by atoms with Gasteiger partial charge in [-0.2, -0.15) is 0 Å². The predicted octanol–water partition coefficient (Wildman–Crippen LogP) is 13.3. The first-order valence-electron chi connectivity index (χ1n) is 23.1. The number of esters is 1. The third-order valence-electron chi connectivity index (χ3n) is 10.2. The quantitative estimate of drug-likeness (QED) is 0.0328. The minimum Gasteiger partial charge on any atom is -0.462 e. The number of ether oxygens (including phenoxy) is 1. The van der Waals surface area contributed by atoms with Crippen LogP contribution in [0.3, 0.4) is 0 Å². The highest BCUT2D eigenvalue weighted by Gasteiger charge is 2.24. The number of hydrogen-bond acceptors (Lipinski definition) is 5. The Labute approximate surface area is 339 Å². The molecular weight excluding hydrogens is 683 g/mol. The van der Waals surface area contributed by atoms with Crippen LogP contribution in [0.15, 0.2) is 60.8 Å². The SMILES string of the molecule is CC/C=C/C=C/C=C\C=C/C=C/CCCC(=O)OC(CCCCCCCCCCCCCCCC)CC(=O)NC(CO)C(O)CCCCCCCCCCC. The molecular formula is C49H87NO5. The van der Waals surface area contributed by atoms with Crippen molar-refractivity contribution >= 4 is 11.9 Å². The number of nitrogens with one attached hydrogen (secondary N) is 1. The highest BCUT2D eigenvalue weighted by atomic mass is 16.5. The van der Waals surface area contributed by atoms with E-state index in [0.29, 0.717) is 25.7 Å². The first kappa shape index (κ1) is 52.6. The van der Waals surface area contributed by atoms with Crippen molar-refractivity contribution in [1.29, 1.82) is 0 Å². The Balaban J connectivity index is 4.71. The van der Waals surface area contributed by atoms with Gasteiger partial charge in [-0.1, -0.05) is 223 Å². The van der Waals surface area contributed by atoms with Crippen molar-refractivity contribution in [3.63, 3.8) is 0 Å². The maximum Gasteiger partial charge on any atom is 0.306 e. The number of carbonyl (C=O) groups excluding carboxylic acids is 2. The number of hydrogen-bond donors (Lipinski definition) is 3. The van der Waals surface area contributed by atoms with Crippen molar-refractivity contribution in [1.82, 2.24) is 5.32 Å². The van der Waals surface area contributed by atoms with E-state index in [1.807, 2.05) is 54.7 Å². The second-order valence-electron chi connectivity index (χ2n) is 15.6. The van der Waals surface area contributed by atoms with Gasteiger partial charge in [0.25, 0.3) is 0 Å². The Morgan fingerprint density at radius 2 is 0.964 bits per heavy atom. The third-order valence-corrected chi connectivity index (χ3v) is 10.2. The molecule has 6 nitrogen and oxygen atoms in total. The number of allylic oxidation sites excluding steroid dienone is 10. The lowest BCUT2D eigenvalue weighted by Crippen LogP contribution is -2.46. The van der Waals surface area contributed by atoms with Crippen molar-refractivity contribution in [3.8, 4) is 0 Å². The highest BCUT2D eigenvalue weighted by Crippen LogP contribution is 2.17. The first-order chi connectivity index (χ1) is 27.0. The molecule has 0 aromatic carbocycles. The standard InChI is InChI=1S/C49H87NO5/c1-4-7-10-13-16-19-21-23-25-26-29-31-34-37-40-45(55-49(54)42-39-36-33-30-27-24-22-20-17-14-11-8-5-2)43-48(53)50-46(44-51)47(52)41-38-35-32-28-18-15-12-9-6-3/h8,11,14,17,20,22,24,27,30,33,45-47,51-52H,4-7,9-10,12-13,15-16,18-19,21,23,25-26,28-29,31-32,34-44H2,1-3H3,(H,50,53)/b11-8+,17-14+,22-20-,27-24-,33-30+. The van der Waals surface area contributed by atoms with Crippen LogP contribution in [0.2, 0.25) is 0 Å². The van der Waals surface area contributed by atoms with Crippen LogP contribution < -0.4 is 5.32 Å². The topological polar surface area (TPSA) is 95.9 Å². The van der Waals surface area contributed by atoms with Crippen molar-refractivity contribution in [3.05, 3.63) is 60.8 Å². The molecule has 0 saturated heterocycles. The summed E-state index contributed by atoms with van der Waals surface area (Å²) in [5, 5.41) is 23.6. The lowest BCUT2D eigenvalue weighted by atomic mass is 10.0. The molecule has 0 bridgehead atoms. The average Bonchev–Trinajstić information content (AvgIpc) is 3.18. The Hall–Kier alpha value is -2.44. The number of aliphatic hydroxyl groups is 2. The summed E-state index contributed by atoms with van der Waals surface area (Å²) in [5.74, 6) is -0.562. The maximum absolute atomic E-state index is 13.1. The van der Waals surface area contributed by atoms with E-state index in [1.54, 1.807) is 0 Å². The molecule has 1 amide bonds. The van der Waals surface area contributed by atoms with E-state index >= 15 is 0 Å². The van der Waals surface area contributed by atoms with E-state index in [1.165, 1.54) is 109 Å². The van der Waals surface area contributed by atoms with Gasteiger partial charge in [-0.15, -0.1) is 0 Å². The zero-order valence-corrected chi connectivity index (χ0v) is 36.0. The minimum absolute atomic E-state index is 0.0493. The summed E-state index contributed by atoms with van der Waals surface area (Å²) in [5.41, 5.74) is 0. The van der Waals surface area contributed by atoms with Gasteiger partial charge < -0.3 is 20.3 Å². The van der Waals surface area contributed by atoms with Gasteiger partial charge in [-0.05, 0) is 38.5 Å². The molecule has 0 rings (SSSR count). The largest absolute Gasteiger partial charge is 0.462 e. The monoisotopic (exact) mass is 770 g/mol. The van der Waals surface area contributed by atoms with E-state index < -0.39 is 18.2 Å². The Bertz CT molecular complexity index is 999. The average molecular weight is 770 g/mol. The van der Waals surface area contributed by atoms with Gasteiger partial charge in [0.05, 0.1) is 25.2 Å². The molecule has 3 N–H and O–H groups in total. The van der Waals surface area contributed by atoms with Gasteiger partial charge >= 0.3 is 5.97 Å². The van der Waals surface area contributed by atoms with Crippen LogP contribution in [0.1, 0.15) is 213 Å². The fourth-order valence-corrected chi connectivity index (χ4v) is 6.75. The van der Waals surface area contributed by atoms with E-state index in [4.69, 9.17) is 4.74 Å². The number of aliphatic hydroxyl groups excluding tert-OH is 2. The molecule has 0 saturated carbocycles. The van der Waals surface area contributed by atoms with Crippen LogP contribution in [-0.4, -0.2) is 46.9 Å². The molecule has 0 aromatic heterocycles. The predicted molar refractivity (Wildman–Crippen MR) is 236 cm³/mol. The number of rotatable bonds is 40. The summed E-state index contributed by atoms with van der Waals surface area (Å²) in [4.78, 5) is 26.0. The Kier molecular flexibility index (Phi) is 40.8. The Morgan fingerprint density at radius 3 is 1.42 bits per heavy atom. The fourth-order valence-electron chi connectivity index (χ4n) is 6.75. The zero-order chi connectivity index (χ0) is 40.3. The van der Waals surface area contributed by atoms with E-state index in [9.17, 15) is 19.8 Å². The van der Waals surface area contributed by atoms with Crippen molar-refractivity contribution < 1.29 is 24.5 Å². The first-order valence-corrected chi connectivity index (χ1v) is 23.1. The van der Waals surface area contributed by atoms with Gasteiger partial charge in [0.15, 0.2) is 0 Å². The van der Waals surface area contributed by atoms with Crippen LogP contribution in [-0.2, 0) is 14.3 Å². The van der Waals surface area contributed by atoms with Crippen LogP contribution >= 0.6 is 0 Å². The van der Waals surface area contributed by atoms with Crippen LogP contribution in [0.4, 0.5) is 0 Å². The number of carbonyl (C=O) groups is 2. The summed E-state index contributed by atoms with van der Waals surface area (Å²) in [7, 11) is 0. The highest BCUT2D eigenvalue weighted by molar-refractivity contribution is 5.77. The number of unbranched alkanes of at least 4 members (excludes halogenated alkanes) is 22. The van der Waals surface area contributed by atoms with Crippen molar-refractivity contribution in [2.24, 2.45) is 0 Å². The molecule has 0 aliphatic carbocycles. The van der Waals surface area contributed by atoms with E-state index in [2.05, 4.69) is 32.2 Å². The molecule has 0 aliphatic rings. The van der Waals surface area contributed by atoms with Crippen molar-refractivity contribution in [2.75, 3.05) is 6.61 Å². The van der Waals surface area contributed by atoms with Gasteiger partial charge in [-0.25, -0.2) is 0 Å². The van der Waals surface area contributed by atoms with Crippen LogP contribution in [0.25, 0.3) is 0 Å².